The minimum Gasteiger partial charge on any atom is -0.356 e. The number of hydrogen-bond acceptors (Lipinski definition) is 2. The van der Waals surface area contributed by atoms with Crippen molar-refractivity contribution in [2.75, 3.05) is 6.54 Å². The van der Waals surface area contributed by atoms with Crippen molar-refractivity contribution in [2.24, 2.45) is 0 Å². The van der Waals surface area contributed by atoms with E-state index in [1.807, 2.05) is 44.2 Å². The van der Waals surface area contributed by atoms with E-state index in [-0.39, 0.29) is 11.7 Å². The van der Waals surface area contributed by atoms with Gasteiger partial charge in [0.1, 0.15) is 5.82 Å². The van der Waals surface area contributed by atoms with E-state index >= 15 is 0 Å². The van der Waals surface area contributed by atoms with Crippen LogP contribution in [-0.4, -0.2) is 22.4 Å². The Hall–Kier alpha value is -3.47. The summed E-state index contributed by atoms with van der Waals surface area (Å²) in [6.07, 6.45) is 2.38. The number of carbonyl (C=O) groups excluding carboxylic acids is 1. The van der Waals surface area contributed by atoms with E-state index < -0.39 is 0 Å². The summed E-state index contributed by atoms with van der Waals surface area (Å²) in [4.78, 5) is 19.9. The average molecular weight is 387 g/mol. The van der Waals surface area contributed by atoms with Crippen molar-refractivity contribution in [1.29, 1.82) is 0 Å². The van der Waals surface area contributed by atoms with E-state index in [2.05, 4.69) is 15.3 Å². The lowest BCUT2D eigenvalue weighted by Crippen LogP contribution is -2.25. The molecule has 0 aliphatic rings. The molecule has 0 fully saturated rings. The molecule has 0 aliphatic heterocycles. The highest BCUT2D eigenvalue weighted by atomic mass is 19.1. The summed E-state index contributed by atoms with van der Waals surface area (Å²) in [7, 11) is 0. The van der Waals surface area contributed by atoms with Crippen LogP contribution in [-0.2, 0) is 6.42 Å². The Kier molecular flexibility index (Phi) is 5.12. The normalized spacial score (nSPS) is 11.0. The fourth-order valence-electron chi connectivity index (χ4n) is 3.68. The van der Waals surface area contributed by atoms with Gasteiger partial charge in [0, 0.05) is 34.9 Å². The van der Waals surface area contributed by atoms with E-state index in [1.54, 1.807) is 24.4 Å². The van der Waals surface area contributed by atoms with Gasteiger partial charge in [-0.25, -0.2) is 4.39 Å². The van der Waals surface area contributed by atoms with Crippen LogP contribution in [0, 0.1) is 19.7 Å². The van der Waals surface area contributed by atoms with Crippen molar-refractivity contribution in [1.82, 2.24) is 15.3 Å². The van der Waals surface area contributed by atoms with Crippen LogP contribution in [0.2, 0.25) is 0 Å². The monoisotopic (exact) mass is 387 g/mol. The predicted octanol–water partition coefficient (Wildman–Crippen LogP) is 4.96. The number of nitrogens with one attached hydrogen (secondary N) is 2. The molecular weight excluding hydrogens is 365 g/mol. The Balaban J connectivity index is 1.44. The van der Waals surface area contributed by atoms with Crippen LogP contribution in [0.25, 0.3) is 22.2 Å². The van der Waals surface area contributed by atoms with Crippen LogP contribution in [0.4, 0.5) is 4.39 Å². The summed E-state index contributed by atoms with van der Waals surface area (Å²) in [6.45, 7) is 4.39. The molecule has 29 heavy (non-hydrogen) atoms. The van der Waals surface area contributed by atoms with Crippen LogP contribution < -0.4 is 5.32 Å². The Morgan fingerprint density at radius 1 is 1.07 bits per heavy atom. The molecule has 0 bridgehead atoms. The average Bonchev–Trinajstić information content (AvgIpc) is 3.09. The molecule has 4 aromatic rings. The molecule has 4 rings (SSSR count). The van der Waals surface area contributed by atoms with Gasteiger partial charge in [0.25, 0.3) is 5.91 Å². The number of rotatable bonds is 5. The molecule has 5 heteroatoms. The van der Waals surface area contributed by atoms with E-state index in [0.717, 1.165) is 33.5 Å². The fraction of sp³-hybridized carbons (Fsp3) is 0.167. The highest BCUT2D eigenvalue weighted by Gasteiger charge is 2.14. The second-order valence-electron chi connectivity index (χ2n) is 7.14. The summed E-state index contributed by atoms with van der Waals surface area (Å²) in [6, 6.07) is 16.4. The van der Waals surface area contributed by atoms with Gasteiger partial charge >= 0.3 is 0 Å². The second kappa shape index (κ2) is 7.87. The Bertz CT molecular complexity index is 1160. The van der Waals surface area contributed by atoms with Gasteiger partial charge in [-0.2, -0.15) is 0 Å². The molecule has 2 heterocycles. The third kappa shape index (κ3) is 3.76. The van der Waals surface area contributed by atoms with Crippen molar-refractivity contribution in [2.45, 2.75) is 20.3 Å². The molecule has 0 saturated heterocycles. The van der Waals surface area contributed by atoms with Crippen molar-refractivity contribution >= 4 is 16.8 Å². The molecule has 2 N–H and O–H groups in total. The standard InChI is InChI=1S/C24H22FN3O/c1-15-6-11-20(25)23-22(15)19(16(2)28-23)12-14-27-24(29)18-9-7-17(8-10-18)21-5-3-4-13-26-21/h3-11,13,28H,12,14H2,1-2H3,(H,27,29). The van der Waals surface area contributed by atoms with Crippen molar-refractivity contribution in [3.63, 3.8) is 0 Å². The number of benzene rings is 2. The molecule has 146 valence electrons. The molecule has 1 amide bonds. The number of nitrogens with zero attached hydrogens (tertiary/aromatic N) is 1. The van der Waals surface area contributed by atoms with Gasteiger partial charge in [-0.05, 0) is 61.7 Å². The fourth-order valence-corrected chi connectivity index (χ4v) is 3.68. The number of carbonyl (C=O) groups is 1. The number of amides is 1. The highest BCUT2D eigenvalue weighted by molar-refractivity contribution is 5.94. The van der Waals surface area contributed by atoms with Gasteiger partial charge in [0.05, 0.1) is 11.2 Å². The van der Waals surface area contributed by atoms with Crippen LogP contribution in [0.1, 0.15) is 27.2 Å². The van der Waals surface area contributed by atoms with Gasteiger partial charge in [0.15, 0.2) is 0 Å². The third-order valence-electron chi connectivity index (χ3n) is 5.20. The molecule has 0 aliphatic carbocycles. The summed E-state index contributed by atoms with van der Waals surface area (Å²) in [5.41, 5.74) is 5.98. The van der Waals surface area contributed by atoms with E-state index in [0.29, 0.717) is 24.0 Å². The summed E-state index contributed by atoms with van der Waals surface area (Å²) < 4.78 is 14.1. The van der Waals surface area contributed by atoms with Crippen molar-refractivity contribution in [3.05, 3.63) is 89.0 Å². The number of fused-ring (bicyclic) bond motifs is 1. The first-order chi connectivity index (χ1) is 14.0. The van der Waals surface area contributed by atoms with Gasteiger partial charge in [-0.1, -0.05) is 24.3 Å². The summed E-state index contributed by atoms with van der Waals surface area (Å²) in [5, 5.41) is 3.87. The quantitative estimate of drug-likeness (QED) is 0.509. The maximum Gasteiger partial charge on any atom is 0.251 e. The van der Waals surface area contributed by atoms with Crippen molar-refractivity contribution < 1.29 is 9.18 Å². The Morgan fingerprint density at radius 3 is 2.59 bits per heavy atom. The third-order valence-corrected chi connectivity index (χ3v) is 5.20. The lowest BCUT2D eigenvalue weighted by atomic mass is 10.0. The number of hydrogen-bond donors (Lipinski definition) is 2. The number of H-pyrrole nitrogens is 1. The second-order valence-corrected chi connectivity index (χ2v) is 7.14. The zero-order valence-corrected chi connectivity index (χ0v) is 16.4. The lowest BCUT2D eigenvalue weighted by Gasteiger charge is -2.08. The zero-order valence-electron chi connectivity index (χ0n) is 16.4. The molecule has 0 spiro atoms. The van der Waals surface area contributed by atoms with E-state index in [9.17, 15) is 9.18 Å². The molecule has 0 unspecified atom stereocenters. The SMILES string of the molecule is Cc1[nH]c2c(F)ccc(C)c2c1CCNC(=O)c1ccc(-c2ccccn2)cc1. The molecule has 4 nitrogen and oxygen atoms in total. The Labute approximate surface area is 168 Å². The molecule has 0 atom stereocenters. The zero-order chi connectivity index (χ0) is 20.4. The minimum atomic E-state index is -0.253. The van der Waals surface area contributed by atoms with E-state index in [1.165, 1.54) is 6.07 Å². The largest absolute Gasteiger partial charge is 0.356 e. The molecule has 2 aromatic carbocycles. The minimum absolute atomic E-state index is 0.127. The first-order valence-corrected chi connectivity index (χ1v) is 9.60. The van der Waals surface area contributed by atoms with Gasteiger partial charge in [-0.3, -0.25) is 9.78 Å². The topological polar surface area (TPSA) is 57.8 Å². The predicted molar refractivity (Wildman–Crippen MR) is 113 cm³/mol. The molecule has 0 radical (unpaired) electrons. The summed E-state index contributed by atoms with van der Waals surface area (Å²) in [5.74, 6) is -0.380. The first-order valence-electron chi connectivity index (χ1n) is 9.60. The molecule has 0 saturated carbocycles. The number of halogens is 1. The van der Waals surface area contributed by atoms with Crippen LogP contribution in [0.3, 0.4) is 0 Å². The number of aromatic nitrogens is 2. The first kappa shape index (κ1) is 18.9. The number of aryl methyl sites for hydroxylation is 2. The van der Waals surface area contributed by atoms with Crippen LogP contribution >= 0.6 is 0 Å². The van der Waals surface area contributed by atoms with E-state index in [4.69, 9.17) is 0 Å². The van der Waals surface area contributed by atoms with Gasteiger partial charge in [0.2, 0.25) is 0 Å². The molecule has 2 aromatic heterocycles. The van der Waals surface area contributed by atoms with Crippen molar-refractivity contribution in [3.8, 4) is 11.3 Å². The highest BCUT2D eigenvalue weighted by Crippen LogP contribution is 2.27. The smallest absolute Gasteiger partial charge is 0.251 e. The lowest BCUT2D eigenvalue weighted by molar-refractivity contribution is 0.0954. The Morgan fingerprint density at radius 2 is 1.86 bits per heavy atom. The maximum absolute atomic E-state index is 14.1. The van der Waals surface area contributed by atoms with Crippen LogP contribution in [0.5, 0.6) is 0 Å². The number of aromatic amines is 1. The van der Waals surface area contributed by atoms with Crippen LogP contribution in [0.15, 0.2) is 60.8 Å². The van der Waals surface area contributed by atoms with Gasteiger partial charge in [-0.15, -0.1) is 0 Å². The number of pyridine rings is 1. The summed E-state index contributed by atoms with van der Waals surface area (Å²) >= 11 is 0. The maximum atomic E-state index is 14.1. The van der Waals surface area contributed by atoms with Gasteiger partial charge < -0.3 is 10.3 Å². The molecular formula is C24H22FN3O.